The summed E-state index contributed by atoms with van der Waals surface area (Å²) in [6.45, 7) is 4.94. The lowest BCUT2D eigenvalue weighted by molar-refractivity contribution is -0.147. The quantitative estimate of drug-likeness (QED) is 0.394. The van der Waals surface area contributed by atoms with Crippen molar-refractivity contribution in [3.63, 3.8) is 0 Å². The predicted octanol–water partition coefficient (Wildman–Crippen LogP) is 4.64. The minimum atomic E-state index is -0.746. The summed E-state index contributed by atoms with van der Waals surface area (Å²) in [4.78, 5) is 13.9. The van der Waals surface area contributed by atoms with Gasteiger partial charge in [-0.3, -0.25) is 9.69 Å². The van der Waals surface area contributed by atoms with Gasteiger partial charge in [0, 0.05) is 25.6 Å². The van der Waals surface area contributed by atoms with E-state index in [4.69, 9.17) is 14.6 Å². The monoisotopic (exact) mass is 463 g/mol. The lowest BCUT2D eigenvalue weighted by atomic mass is 10.2. The molecular formula is C27H33N3O4. The molecule has 3 aromatic rings. The number of nitrogens with zero attached hydrogens (tertiary/aromatic N) is 3. The molecule has 1 aliphatic carbocycles. The Morgan fingerprint density at radius 2 is 1.82 bits per heavy atom. The van der Waals surface area contributed by atoms with Crippen molar-refractivity contribution in [1.82, 2.24) is 14.7 Å². The first-order valence-electron chi connectivity index (χ1n) is 12.0. The first kappa shape index (κ1) is 24.0. The highest BCUT2D eigenvalue weighted by molar-refractivity contribution is 5.69. The Bertz CT molecular complexity index is 1060. The van der Waals surface area contributed by atoms with Gasteiger partial charge in [0.15, 0.2) is 0 Å². The SMILES string of the molecule is CCCC(=O)OC[C@@H](O)CN(Cc1c(C)nn(-c2ccccc2)c1Oc1ccccc1)C1CC1. The van der Waals surface area contributed by atoms with E-state index in [1.165, 1.54) is 0 Å². The van der Waals surface area contributed by atoms with E-state index in [0.717, 1.165) is 42.0 Å². The van der Waals surface area contributed by atoms with Crippen LogP contribution in [0.3, 0.4) is 0 Å². The molecule has 0 radical (unpaired) electrons. The molecule has 4 rings (SSSR count). The van der Waals surface area contributed by atoms with Gasteiger partial charge in [-0.25, -0.2) is 4.68 Å². The second kappa shape index (κ2) is 11.3. The number of aromatic nitrogens is 2. The number of carbonyl (C=O) groups excluding carboxylic acids is 1. The van der Waals surface area contributed by atoms with Gasteiger partial charge in [-0.15, -0.1) is 0 Å². The number of aliphatic hydroxyl groups excluding tert-OH is 1. The number of carbonyl (C=O) groups is 1. The van der Waals surface area contributed by atoms with Gasteiger partial charge < -0.3 is 14.6 Å². The van der Waals surface area contributed by atoms with E-state index in [0.29, 0.717) is 31.4 Å². The van der Waals surface area contributed by atoms with Crippen molar-refractivity contribution < 1.29 is 19.4 Å². The second-order valence-electron chi connectivity index (χ2n) is 8.78. The van der Waals surface area contributed by atoms with Crippen LogP contribution in [0.25, 0.3) is 5.69 Å². The molecule has 0 aliphatic heterocycles. The molecule has 1 aromatic heterocycles. The number of rotatable bonds is 12. The molecule has 1 fully saturated rings. The van der Waals surface area contributed by atoms with Crippen molar-refractivity contribution in [2.75, 3.05) is 13.2 Å². The zero-order valence-electron chi connectivity index (χ0n) is 19.9. The van der Waals surface area contributed by atoms with E-state index >= 15 is 0 Å². The van der Waals surface area contributed by atoms with Crippen molar-refractivity contribution >= 4 is 5.97 Å². The van der Waals surface area contributed by atoms with E-state index in [1.54, 1.807) is 0 Å². The summed E-state index contributed by atoms with van der Waals surface area (Å²) in [7, 11) is 0. The molecular weight excluding hydrogens is 430 g/mol. The Kier molecular flexibility index (Phi) is 7.98. The fourth-order valence-electron chi connectivity index (χ4n) is 3.94. The van der Waals surface area contributed by atoms with Gasteiger partial charge in [-0.2, -0.15) is 5.10 Å². The summed E-state index contributed by atoms with van der Waals surface area (Å²) < 4.78 is 13.4. The fourth-order valence-corrected chi connectivity index (χ4v) is 3.94. The summed E-state index contributed by atoms with van der Waals surface area (Å²) in [6.07, 6.45) is 2.53. The van der Waals surface area contributed by atoms with Crippen LogP contribution in [0.1, 0.15) is 43.9 Å². The zero-order chi connectivity index (χ0) is 23.9. The number of hydrogen-bond acceptors (Lipinski definition) is 6. The van der Waals surface area contributed by atoms with Gasteiger partial charge >= 0.3 is 5.97 Å². The van der Waals surface area contributed by atoms with Gasteiger partial charge in [-0.05, 0) is 50.5 Å². The topological polar surface area (TPSA) is 76.8 Å². The molecule has 1 heterocycles. The van der Waals surface area contributed by atoms with E-state index in [-0.39, 0.29) is 12.6 Å². The molecule has 1 N–H and O–H groups in total. The van der Waals surface area contributed by atoms with E-state index in [2.05, 4.69) is 4.90 Å². The van der Waals surface area contributed by atoms with Gasteiger partial charge in [0.25, 0.3) is 0 Å². The minimum Gasteiger partial charge on any atom is -0.463 e. The van der Waals surface area contributed by atoms with Gasteiger partial charge in [0.05, 0.1) is 16.9 Å². The molecule has 1 aliphatic rings. The van der Waals surface area contributed by atoms with Crippen molar-refractivity contribution in [3.05, 3.63) is 71.9 Å². The minimum absolute atomic E-state index is 0.0116. The summed E-state index contributed by atoms with van der Waals surface area (Å²) >= 11 is 0. The summed E-state index contributed by atoms with van der Waals surface area (Å²) in [5.74, 6) is 1.14. The van der Waals surface area contributed by atoms with E-state index < -0.39 is 6.10 Å². The van der Waals surface area contributed by atoms with Crippen LogP contribution in [-0.4, -0.2) is 51.1 Å². The van der Waals surface area contributed by atoms with Gasteiger partial charge in [0.1, 0.15) is 18.5 Å². The van der Waals surface area contributed by atoms with Crippen LogP contribution in [0.15, 0.2) is 60.7 Å². The van der Waals surface area contributed by atoms with Crippen LogP contribution in [0.5, 0.6) is 11.6 Å². The molecule has 0 unspecified atom stereocenters. The average molecular weight is 464 g/mol. The third-order valence-electron chi connectivity index (χ3n) is 5.86. The maximum Gasteiger partial charge on any atom is 0.305 e. The van der Waals surface area contributed by atoms with Gasteiger partial charge in [-0.1, -0.05) is 43.3 Å². The Morgan fingerprint density at radius 1 is 1.15 bits per heavy atom. The molecule has 1 atom stereocenters. The van der Waals surface area contributed by atoms with Crippen LogP contribution in [0.2, 0.25) is 0 Å². The highest BCUT2D eigenvalue weighted by atomic mass is 16.5. The maximum atomic E-state index is 11.7. The first-order valence-corrected chi connectivity index (χ1v) is 12.0. The van der Waals surface area contributed by atoms with Crippen molar-refractivity contribution in [2.45, 2.75) is 58.2 Å². The molecule has 7 heteroatoms. The fraction of sp³-hybridized carbons (Fsp3) is 0.407. The van der Waals surface area contributed by atoms with Gasteiger partial charge in [0.2, 0.25) is 5.88 Å². The number of esters is 1. The number of aryl methyl sites for hydroxylation is 1. The van der Waals surface area contributed by atoms with Crippen LogP contribution in [-0.2, 0) is 16.1 Å². The number of benzene rings is 2. The normalized spacial score (nSPS) is 14.2. The number of para-hydroxylation sites is 2. The Morgan fingerprint density at radius 3 is 2.47 bits per heavy atom. The third kappa shape index (κ3) is 6.24. The molecule has 0 saturated heterocycles. The number of ether oxygens (including phenoxy) is 2. The lowest BCUT2D eigenvalue weighted by Gasteiger charge is -2.25. The van der Waals surface area contributed by atoms with Crippen LogP contribution in [0.4, 0.5) is 0 Å². The molecule has 0 spiro atoms. The second-order valence-corrected chi connectivity index (χ2v) is 8.78. The Labute approximate surface area is 200 Å². The molecule has 180 valence electrons. The highest BCUT2D eigenvalue weighted by Crippen LogP contribution is 2.35. The highest BCUT2D eigenvalue weighted by Gasteiger charge is 2.33. The molecule has 34 heavy (non-hydrogen) atoms. The number of aliphatic hydroxyl groups is 1. The van der Waals surface area contributed by atoms with Crippen molar-refractivity contribution in [1.29, 1.82) is 0 Å². The lowest BCUT2D eigenvalue weighted by Crippen LogP contribution is -2.36. The van der Waals surface area contributed by atoms with Crippen molar-refractivity contribution in [3.8, 4) is 17.3 Å². The number of hydrogen-bond donors (Lipinski definition) is 1. The largest absolute Gasteiger partial charge is 0.463 e. The summed E-state index contributed by atoms with van der Waals surface area (Å²) in [5, 5.41) is 15.4. The summed E-state index contributed by atoms with van der Waals surface area (Å²) in [5.41, 5.74) is 2.78. The molecule has 1 saturated carbocycles. The molecule has 2 aromatic carbocycles. The average Bonchev–Trinajstić information content (AvgIpc) is 3.65. The van der Waals surface area contributed by atoms with Crippen LogP contribution >= 0.6 is 0 Å². The third-order valence-corrected chi connectivity index (χ3v) is 5.86. The molecule has 0 amide bonds. The van der Waals surface area contributed by atoms with E-state index in [1.807, 2.05) is 79.2 Å². The summed E-state index contributed by atoms with van der Waals surface area (Å²) in [6, 6.07) is 20.0. The van der Waals surface area contributed by atoms with E-state index in [9.17, 15) is 9.90 Å². The van der Waals surface area contributed by atoms with Crippen LogP contribution < -0.4 is 4.74 Å². The smallest absolute Gasteiger partial charge is 0.305 e. The molecule has 0 bridgehead atoms. The Balaban J connectivity index is 1.57. The van der Waals surface area contributed by atoms with Crippen molar-refractivity contribution in [2.24, 2.45) is 0 Å². The Hall–Kier alpha value is -3.16. The zero-order valence-corrected chi connectivity index (χ0v) is 19.9. The van der Waals surface area contributed by atoms with Crippen LogP contribution in [0, 0.1) is 6.92 Å². The maximum absolute atomic E-state index is 11.7. The standard InChI is InChI=1S/C27H33N3O4/c1-3-10-26(32)33-19-23(31)17-29(21-15-16-21)18-25-20(2)28-30(22-11-6-4-7-12-22)27(25)34-24-13-8-5-9-14-24/h4-9,11-14,21,23,31H,3,10,15-19H2,1-2H3/t23-/m0/s1. The molecule has 7 nitrogen and oxygen atoms in total. The first-order chi connectivity index (χ1) is 16.5. The predicted molar refractivity (Wildman–Crippen MR) is 130 cm³/mol.